The van der Waals surface area contributed by atoms with Crippen LogP contribution in [0.2, 0.25) is 0 Å². The summed E-state index contributed by atoms with van der Waals surface area (Å²) in [6.07, 6.45) is 0. The lowest BCUT2D eigenvalue weighted by atomic mass is 9.97. The van der Waals surface area contributed by atoms with Gasteiger partial charge in [0, 0.05) is 21.7 Å². The summed E-state index contributed by atoms with van der Waals surface area (Å²) in [5.41, 5.74) is 1.41. The fourth-order valence-electron chi connectivity index (χ4n) is 2.27. The molecule has 0 saturated heterocycles. The van der Waals surface area contributed by atoms with Gasteiger partial charge in [0.2, 0.25) is 0 Å². The molecule has 0 saturated carbocycles. The maximum Gasteiger partial charge on any atom is 0.132 e. The minimum atomic E-state index is -0.321. The van der Waals surface area contributed by atoms with Crippen LogP contribution in [0.3, 0.4) is 0 Å². The van der Waals surface area contributed by atoms with Crippen molar-refractivity contribution in [2.24, 2.45) is 0 Å². The first-order valence-electron chi connectivity index (χ1n) is 6.44. The van der Waals surface area contributed by atoms with Crippen LogP contribution in [0.15, 0.2) is 40.9 Å². The summed E-state index contributed by atoms with van der Waals surface area (Å²) < 4.78 is 25.7. The fraction of sp³-hybridized carbons (Fsp3) is 0.250. The van der Waals surface area contributed by atoms with Gasteiger partial charge in [-0.3, -0.25) is 0 Å². The van der Waals surface area contributed by atoms with Gasteiger partial charge in [0.05, 0.1) is 20.3 Å². The number of nitrogens with one attached hydrogen (secondary N) is 1. The average molecular weight is 354 g/mol. The normalized spacial score (nSPS) is 12.0. The molecule has 2 aromatic carbocycles. The van der Waals surface area contributed by atoms with E-state index in [1.807, 2.05) is 18.2 Å². The largest absolute Gasteiger partial charge is 0.497 e. The first kappa shape index (κ1) is 15.8. The molecule has 1 unspecified atom stereocenters. The van der Waals surface area contributed by atoms with Gasteiger partial charge in [-0.1, -0.05) is 28.1 Å². The van der Waals surface area contributed by atoms with Crippen molar-refractivity contribution < 1.29 is 13.9 Å². The first-order chi connectivity index (χ1) is 10.1. The molecule has 0 heterocycles. The quantitative estimate of drug-likeness (QED) is 0.883. The minimum absolute atomic E-state index is 0.307. The van der Waals surface area contributed by atoms with Crippen LogP contribution in [0.5, 0.6) is 11.5 Å². The summed E-state index contributed by atoms with van der Waals surface area (Å²) in [5, 5.41) is 3.13. The Kier molecular flexibility index (Phi) is 5.20. The Bertz CT molecular complexity index is 634. The van der Waals surface area contributed by atoms with E-state index in [4.69, 9.17) is 9.47 Å². The van der Waals surface area contributed by atoms with Gasteiger partial charge in [0.1, 0.15) is 17.3 Å². The third kappa shape index (κ3) is 3.36. The molecule has 1 atom stereocenters. The number of benzene rings is 2. The van der Waals surface area contributed by atoms with E-state index in [9.17, 15) is 4.39 Å². The maximum absolute atomic E-state index is 14.3. The van der Waals surface area contributed by atoms with Crippen LogP contribution in [0, 0.1) is 5.82 Å². The predicted octanol–water partition coefficient (Wildman–Crippen LogP) is 3.91. The molecule has 1 N–H and O–H groups in total. The van der Waals surface area contributed by atoms with Crippen molar-refractivity contribution in [2.75, 3.05) is 21.3 Å². The van der Waals surface area contributed by atoms with Gasteiger partial charge in [-0.2, -0.15) is 0 Å². The summed E-state index contributed by atoms with van der Waals surface area (Å²) in [5.74, 6) is 0.867. The van der Waals surface area contributed by atoms with Crippen molar-refractivity contribution in [1.82, 2.24) is 5.32 Å². The monoisotopic (exact) mass is 353 g/mol. The molecule has 0 spiro atoms. The molecule has 2 aromatic rings. The van der Waals surface area contributed by atoms with Crippen molar-refractivity contribution in [3.63, 3.8) is 0 Å². The van der Waals surface area contributed by atoms with Crippen molar-refractivity contribution in [1.29, 1.82) is 0 Å². The van der Waals surface area contributed by atoms with Gasteiger partial charge in [-0.25, -0.2) is 4.39 Å². The van der Waals surface area contributed by atoms with Crippen LogP contribution < -0.4 is 14.8 Å². The highest BCUT2D eigenvalue weighted by atomic mass is 79.9. The Morgan fingerprint density at radius 3 is 2.33 bits per heavy atom. The molecule has 5 heteroatoms. The van der Waals surface area contributed by atoms with Gasteiger partial charge in [0.15, 0.2) is 0 Å². The molecule has 0 aliphatic heterocycles. The fourth-order valence-corrected chi connectivity index (χ4v) is 2.61. The van der Waals surface area contributed by atoms with Gasteiger partial charge < -0.3 is 14.8 Å². The standard InChI is InChI=1S/C16H17BrFNO2/c1-19-16(12-7-5-11(20-2)9-14(12)18)13-6-4-10(17)8-15(13)21-3/h4-9,16,19H,1-3H3. The third-order valence-electron chi connectivity index (χ3n) is 3.31. The number of methoxy groups -OCH3 is 2. The molecule has 0 aliphatic carbocycles. The summed E-state index contributed by atoms with van der Waals surface area (Å²) in [6.45, 7) is 0. The lowest BCUT2D eigenvalue weighted by Gasteiger charge is -2.21. The maximum atomic E-state index is 14.3. The first-order valence-corrected chi connectivity index (χ1v) is 7.24. The Morgan fingerprint density at radius 1 is 1.05 bits per heavy atom. The van der Waals surface area contributed by atoms with Crippen molar-refractivity contribution in [3.05, 3.63) is 57.8 Å². The van der Waals surface area contributed by atoms with Crippen molar-refractivity contribution in [3.8, 4) is 11.5 Å². The smallest absolute Gasteiger partial charge is 0.132 e. The van der Waals surface area contributed by atoms with E-state index in [2.05, 4.69) is 21.2 Å². The molecule has 3 nitrogen and oxygen atoms in total. The summed E-state index contributed by atoms with van der Waals surface area (Å²) in [4.78, 5) is 0. The van der Waals surface area contributed by atoms with Gasteiger partial charge >= 0.3 is 0 Å². The van der Waals surface area contributed by atoms with Gasteiger partial charge in [-0.15, -0.1) is 0 Å². The Hall–Kier alpha value is -1.59. The lowest BCUT2D eigenvalue weighted by Crippen LogP contribution is -2.19. The molecule has 0 aromatic heterocycles. The van der Waals surface area contributed by atoms with Crippen LogP contribution in [0.4, 0.5) is 4.39 Å². The van der Waals surface area contributed by atoms with E-state index in [0.29, 0.717) is 17.1 Å². The number of hydrogen-bond acceptors (Lipinski definition) is 3. The van der Waals surface area contributed by atoms with E-state index >= 15 is 0 Å². The molecule has 0 radical (unpaired) electrons. The van der Waals surface area contributed by atoms with Crippen LogP contribution >= 0.6 is 15.9 Å². The van der Waals surface area contributed by atoms with E-state index in [0.717, 1.165) is 10.0 Å². The lowest BCUT2D eigenvalue weighted by molar-refractivity contribution is 0.402. The average Bonchev–Trinajstić information content (AvgIpc) is 2.50. The SMILES string of the molecule is CNC(c1ccc(OC)cc1F)c1ccc(Br)cc1OC. The van der Waals surface area contributed by atoms with Crippen LogP contribution in [0.1, 0.15) is 17.2 Å². The predicted molar refractivity (Wildman–Crippen MR) is 84.5 cm³/mol. The highest BCUT2D eigenvalue weighted by Crippen LogP contribution is 2.34. The summed E-state index contributed by atoms with van der Waals surface area (Å²) >= 11 is 3.41. The molecule has 0 aliphatic rings. The zero-order valence-electron chi connectivity index (χ0n) is 12.1. The van der Waals surface area contributed by atoms with Crippen molar-refractivity contribution in [2.45, 2.75) is 6.04 Å². The second-order valence-corrected chi connectivity index (χ2v) is 5.41. The van der Waals surface area contributed by atoms with Crippen LogP contribution in [-0.2, 0) is 0 Å². The molecular formula is C16H17BrFNO2. The number of halogens is 2. The number of ether oxygens (including phenoxy) is 2. The molecule has 0 fully saturated rings. The Balaban J connectivity index is 2.49. The van der Waals surface area contributed by atoms with Gasteiger partial charge in [0.25, 0.3) is 0 Å². The number of hydrogen-bond donors (Lipinski definition) is 1. The van der Waals surface area contributed by atoms with E-state index < -0.39 is 0 Å². The van der Waals surface area contributed by atoms with E-state index in [1.165, 1.54) is 13.2 Å². The Labute approximate surface area is 132 Å². The highest BCUT2D eigenvalue weighted by Gasteiger charge is 2.20. The van der Waals surface area contributed by atoms with Crippen LogP contribution in [-0.4, -0.2) is 21.3 Å². The minimum Gasteiger partial charge on any atom is -0.497 e. The molecule has 21 heavy (non-hydrogen) atoms. The highest BCUT2D eigenvalue weighted by molar-refractivity contribution is 9.10. The second-order valence-electron chi connectivity index (χ2n) is 4.50. The van der Waals surface area contributed by atoms with Crippen LogP contribution in [0.25, 0.3) is 0 Å². The van der Waals surface area contributed by atoms with E-state index in [1.54, 1.807) is 26.3 Å². The molecule has 0 bridgehead atoms. The van der Waals surface area contributed by atoms with E-state index in [-0.39, 0.29) is 11.9 Å². The topological polar surface area (TPSA) is 30.5 Å². The third-order valence-corrected chi connectivity index (χ3v) is 3.81. The summed E-state index contributed by atoms with van der Waals surface area (Å²) in [6, 6.07) is 10.2. The zero-order valence-corrected chi connectivity index (χ0v) is 13.7. The van der Waals surface area contributed by atoms with Gasteiger partial charge in [-0.05, 0) is 25.2 Å². The molecule has 0 amide bonds. The summed E-state index contributed by atoms with van der Waals surface area (Å²) in [7, 11) is 4.90. The second kappa shape index (κ2) is 6.91. The zero-order chi connectivity index (χ0) is 15.4. The number of rotatable bonds is 5. The molecule has 112 valence electrons. The van der Waals surface area contributed by atoms with Crippen molar-refractivity contribution >= 4 is 15.9 Å². The molecular weight excluding hydrogens is 337 g/mol. The molecule has 2 rings (SSSR count). The Morgan fingerprint density at radius 2 is 1.76 bits per heavy atom.